The third-order valence-corrected chi connectivity index (χ3v) is 3.78. The van der Waals surface area contributed by atoms with Gasteiger partial charge in [0.05, 0.1) is 19.3 Å². The number of imidazole rings is 1. The number of nitrogens with zero attached hydrogens (tertiary/aromatic N) is 2. The van der Waals surface area contributed by atoms with Crippen LogP contribution in [0.5, 0.6) is 0 Å². The number of H-pyrrole nitrogens is 1. The Hall–Kier alpha value is -1.83. The van der Waals surface area contributed by atoms with Crippen LogP contribution in [0.25, 0.3) is 0 Å². The number of hydrogen-bond acceptors (Lipinski definition) is 4. The lowest BCUT2D eigenvalue weighted by Crippen LogP contribution is -2.47. The molecule has 1 aliphatic heterocycles. The molecular formula is C13H17BrN4O3. The molecule has 0 radical (unpaired) electrons. The second-order valence-electron chi connectivity index (χ2n) is 4.66. The molecular weight excluding hydrogens is 340 g/mol. The Bertz CT molecular complexity index is 545. The van der Waals surface area contributed by atoms with Crippen LogP contribution in [-0.4, -0.2) is 46.6 Å². The van der Waals surface area contributed by atoms with Gasteiger partial charge < -0.3 is 19.9 Å². The maximum Gasteiger partial charge on any atom is 0.407 e. The van der Waals surface area contributed by atoms with Crippen LogP contribution in [0.1, 0.15) is 24.7 Å². The largest absolute Gasteiger partial charge is 0.453 e. The van der Waals surface area contributed by atoms with Crippen LogP contribution in [0.4, 0.5) is 4.79 Å². The van der Waals surface area contributed by atoms with Gasteiger partial charge in [-0.05, 0) is 28.8 Å². The van der Waals surface area contributed by atoms with Crippen LogP contribution in [-0.2, 0) is 9.53 Å². The Morgan fingerprint density at radius 3 is 3.05 bits per heavy atom. The van der Waals surface area contributed by atoms with E-state index in [-0.39, 0.29) is 11.9 Å². The molecule has 0 bridgehead atoms. The summed E-state index contributed by atoms with van der Waals surface area (Å²) in [6.07, 6.45) is 4.11. The summed E-state index contributed by atoms with van der Waals surface area (Å²) in [5.41, 5.74) is 0. The number of alkyl carbamates (subject to hydrolysis) is 1. The van der Waals surface area contributed by atoms with E-state index in [4.69, 9.17) is 0 Å². The highest BCUT2D eigenvalue weighted by atomic mass is 79.9. The van der Waals surface area contributed by atoms with Crippen molar-refractivity contribution in [1.82, 2.24) is 20.2 Å². The van der Waals surface area contributed by atoms with E-state index < -0.39 is 12.1 Å². The van der Waals surface area contributed by atoms with Crippen molar-refractivity contribution in [3.05, 3.63) is 29.3 Å². The number of hydrogen-bond donors (Lipinski definition) is 2. The Balaban J connectivity index is 2.12. The van der Waals surface area contributed by atoms with Gasteiger partial charge in [0, 0.05) is 6.54 Å². The van der Waals surface area contributed by atoms with Gasteiger partial charge in [-0.1, -0.05) is 6.08 Å². The lowest BCUT2D eigenvalue weighted by atomic mass is 10.2. The smallest absolute Gasteiger partial charge is 0.407 e. The van der Waals surface area contributed by atoms with Crippen LogP contribution < -0.4 is 5.32 Å². The second-order valence-corrected chi connectivity index (χ2v) is 5.51. The standard InChI is InChI=1S/C13H17BrN4O3/c1-3-8(16-13(20)21-2)12(19)18-6-4-5-9(18)11-15-7-10(14)17-11/h3,7-9H,1,4-6H2,2H3,(H,15,17)(H,16,20)/t8-,9-/m0/s1. The Kier molecular flexibility index (Phi) is 5.00. The van der Waals surface area contributed by atoms with E-state index in [0.717, 1.165) is 23.3 Å². The van der Waals surface area contributed by atoms with Gasteiger partial charge >= 0.3 is 6.09 Å². The molecule has 114 valence electrons. The lowest BCUT2D eigenvalue weighted by Gasteiger charge is -2.26. The van der Waals surface area contributed by atoms with E-state index in [1.54, 1.807) is 11.1 Å². The van der Waals surface area contributed by atoms with E-state index in [0.29, 0.717) is 6.54 Å². The fourth-order valence-corrected chi connectivity index (χ4v) is 2.69. The molecule has 0 aromatic carbocycles. The molecule has 1 aromatic heterocycles. The minimum atomic E-state index is -0.809. The Morgan fingerprint density at radius 1 is 1.71 bits per heavy atom. The minimum Gasteiger partial charge on any atom is -0.453 e. The molecule has 7 nitrogen and oxygen atoms in total. The molecule has 1 aromatic rings. The number of aromatic nitrogens is 2. The first kappa shape index (κ1) is 15.6. The van der Waals surface area contributed by atoms with Gasteiger partial charge in [0.25, 0.3) is 0 Å². The van der Waals surface area contributed by atoms with Gasteiger partial charge in [-0.15, -0.1) is 6.58 Å². The van der Waals surface area contributed by atoms with Crippen molar-refractivity contribution in [2.75, 3.05) is 13.7 Å². The maximum atomic E-state index is 12.5. The van der Waals surface area contributed by atoms with Crippen LogP contribution >= 0.6 is 15.9 Å². The van der Waals surface area contributed by atoms with Crippen LogP contribution in [0.15, 0.2) is 23.5 Å². The average Bonchev–Trinajstić information content (AvgIpc) is 3.11. The summed E-state index contributed by atoms with van der Waals surface area (Å²) < 4.78 is 5.29. The van der Waals surface area contributed by atoms with Crippen LogP contribution in [0.3, 0.4) is 0 Å². The lowest BCUT2D eigenvalue weighted by molar-refractivity contribution is -0.133. The summed E-state index contributed by atoms with van der Waals surface area (Å²) in [5, 5.41) is 2.46. The first-order valence-electron chi connectivity index (χ1n) is 6.54. The molecule has 2 heterocycles. The zero-order valence-corrected chi connectivity index (χ0v) is 13.2. The van der Waals surface area contributed by atoms with Gasteiger partial charge in [0.1, 0.15) is 16.5 Å². The predicted molar refractivity (Wildman–Crippen MR) is 79.5 cm³/mol. The summed E-state index contributed by atoms with van der Waals surface area (Å²) in [5.74, 6) is 0.513. The predicted octanol–water partition coefficient (Wildman–Crippen LogP) is 1.75. The molecule has 1 aliphatic rings. The van der Waals surface area contributed by atoms with E-state index in [1.807, 2.05) is 0 Å². The van der Waals surface area contributed by atoms with E-state index in [9.17, 15) is 9.59 Å². The monoisotopic (exact) mass is 356 g/mol. The number of carbonyl (C=O) groups excluding carboxylic acids is 2. The number of aromatic amines is 1. The summed E-state index contributed by atoms with van der Waals surface area (Å²) in [6.45, 7) is 4.21. The molecule has 1 saturated heterocycles. The zero-order valence-electron chi connectivity index (χ0n) is 11.6. The Labute approximate surface area is 130 Å². The molecule has 0 spiro atoms. The first-order chi connectivity index (χ1) is 10.1. The molecule has 0 aliphatic carbocycles. The van der Waals surface area contributed by atoms with Crippen molar-refractivity contribution in [2.24, 2.45) is 0 Å². The third-order valence-electron chi connectivity index (χ3n) is 3.38. The third kappa shape index (κ3) is 3.44. The molecule has 2 atom stereocenters. The number of halogens is 1. The van der Waals surface area contributed by atoms with Crippen molar-refractivity contribution in [3.63, 3.8) is 0 Å². The summed E-state index contributed by atoms with van der Waals surface area (Å²) in [4.78, 5) is 32.9. The first-order valence-corrected chi connectivity index (χ1v) is 7.34. The second kappa shape index (κ2) is 6.75. The quantitative estimate of drug-likeness (QED) is 0.804. The molecule has 1 fully saturated rings. The molecule has 2 N–H and O–H groups in total. The normalized spacial score (nSPS) is 19.1. The zero-order chi connectivity index (χ0) is 15.4. The number of ether oxygens (including phenoxy) is 1. The highest BCUT2D eigenvalue weighted by molar-refractivity contribution is 9.10. The highest BCUT2D eigenvalue weighted by Crippen LogP contribution is 2.31. The fourth-order valence-electron chi connectivity index (χ4n) is 2.38. The van der Waals surface area contributed by atoms with Crippen molar-refractivity contribution >= 4 is 27.9 Å². The van der Waals surface area contributed by atoms with E-state index >= 15 is 0 Å². The number of rotatable bonds is 4. The summed E-state index contributed by atoms with van der Waals surface area (Å²) >= 11 is 3.31. The van der Waals surface area contributed by atoms with Crippen LogP contribution in [0.2, 0.25) is 0 Å². The van der Waals surface area contributed by atoms with Gasteiger partial charge in [0.15, 0.2) is 0 Å². The number of nitrogens with one attached hydrogen (secondary N) is 2. The fraction of sp³-hybridized carbons (Fsp3) is 0.462. The van der Waals surface area contributed by atoms with Gasteiger partial charge in [0.2, 0.25) is 5.91 Å². The molecule has 0 unspecified atom stereocenters. The summed E-state index contributed by atoms with van der Waals surface area (Å²) in [6, 6.07) is -0.929. The number of methoxy groups -OCH3 is 1. The molecule has 21 heavy (non-hydrogen) atoms. The van der Waals surface area contributed by atoms with Crippen LogP contribution in [0, 0.1) is 0 Å². The minimum absolute atomic E-state index is 0.120. The van der Waals surface area contributed by atoms with Gasteiger partial charge in [-0.25, -0.2) is 9.78 Å². The number of amides is 2. The number of likely N-dealkylation sites (tertiary alicyclic amines) is 1. The SMILES string of the molecule is C=C[C@H](NC(=O)OC)C(=O)N1CCC[C@H]1c1ncc(Br)[nH]1. The van der Waals surface area contributed by atoms with Crippen molar-refractivity contribution in [2.45, 2.75) is 24.9 Å². The van der Waals surface area contributed by atoms with Crippen molar-refractivity contribution in [3.8, 4) is 0 Å². The van der Waals surface area contributed by atoms with Gasteiger partial charge in [-0.2, -0.15) is 0 Å². The highest BCUT2D eigenvalue weighted by Gasteiger charge is 2.35. The van der Waals surface area contributed by atoms with Gasteiger partial charge in [-0.3, -0.25) is 4.79 Å². The van der Waals surface area contributed by atoms with Crippen molar-refractivity contribution < 1.29 is 14.3 Å². The van der Waals surface area contributed by atoms with E-state index in [2.05, 4.69) is 42.5 Å². The molecule has 2 amide bonds. The van der Waals surface area contributed by atoms with Crippen molar-refractivity contribution in [1.29, 1.82) is 0 Å². The molecule has 8 heteroatoms. The maximum absolute atomic E-state index is 12.5. The Morgan fingerprint density at radius 2 is 2.48 bits per heavy atom. The molecule has 0 saturated carbocycles. The summed E-state index contributed by atoms with van der Waals surface area (Å²) in [7, 11) is 1.25. The topological polar surface area (TPSA) is 87.3 Å². The average molecular weight is 357 g/mol. The van der Waals surface area contributed by atoms with E-state index in [1.165, 1.54) is 13.2 Å². The number of carbonyl (C=O) groups is 2. The molecule has 2 rings (SSSR count).